The highest BCUT2D eigenvalue weighted by molar-refractivity contribution is 5.05. The first-order chi connectivity index (χ1) is 7.38. The molecular weight excluding hydrogens is 190 g/mol. The standard InChI is InChI=1S/C12H23NO2/c1-3-13-11(7-6-9-14-2)12-8-4-5-10-15-12/h8,11,13H,3-7,9-10H2,1-2H3. The smallest absolute Gasteiger partial charge is 0.109 e. The first-order valence-corrected chi connectivity index (χ1v) is 5.93. The monoisotopic (exact) mass is 213 g/mol. The van der Waals surface area contributed by atoms with Crippen LogP contribution in [0.1, 0.15) is 32.6 Å². The normalized spacial score (nSPS) is 18.1. The topological polar surface area (TPSA) is 30.5 Å². The molecule has 3 heteroatoms. The molecule has 15 heavy (non-hydrogen) atoms. The minimum atomic E-state index is 0.380. The van der Waals surface area contributed by atoms with Crippen molar-refractivity contribution in [3.05, 3.63) is 11.8 Å². The predicted octanol–water partition coefficient (Wildman–Crippen LogP) is 2.09. The van der Waals surface area contributed by atoms with Gasteiger partial charge in [-0.15, -0.1) is 0 Å². The maximum atomic E-state index is 5.68. The van der Waals surface area contributed by atoms with E-state index in [1.165, 1.54) is 0 Å². The molecular formula is C12H23NO2. The van der Waals surface area contributed by atoms with Crippen molar-refractivity contribution in [2.45, 2.75) is 38.6 Å². The number of nitrogens with one attached hydrogen (secondary N) is 1. The van der Waals surface area contributed by atoms with Gasteiger partial charge in [0.25, 0.3) is 0 Å². The van der Waals surface area contributed by atoms with Crippen LogP contribution in [0.2, 0.25) is 0 Å². The van der Waals surface area contributed by atoms with Crippen LogP contribution >= 0.6 is 0 Å². The molecule has 1 heterocycles. The Kier molecular flexibility index (Phi) is 6.44. The van der Waals surface area contributed by atoms with E-state index >= 15 is 0 Å². The molecule has 1 aliphatic rings. The number of methoxy groups -OCH3 is 1. The van der Waals surface area contributed by atoms with E-state index < -0.39 is 0 Å². The van der Waals surface area contributed by atoms with E-state index in [0.717, 1.165) is 51.2 Å². The molecule has 0 amide bonds. The summed E-state index contributed by atoms with van der Waals surface area (Å²) < 4.78 is 10.8. The van der Waals surface area contributed by atoms with Gasteiger partial charge in [-0.05, 0) is 38.3 Å². The SMILES string of the molecule is CCNC(CCCOC)C1=CCCCO1. The molecule has 0 radical (unpaired) electrons. The van der Waals surface area contributed by atoms with Crippen LogP contribution in [0.4, 0.5) is 0 Å². The number of hydrogen-bond donors (Lipinski definition) is 1. The number of allylic oxidation sites excluding steroid dienone is 1. The van der Waals surface area contributed by atoms with E-state index in [9.17, 15) is 0 Å². The fourth-order valence-corrected chi connectivity index (χ4v) is 1.84. The van der Waals surface area contributed by atoms with E-state index in [1.54, 1.807) is 7.11 Å². The molecule has 1 aliphatic heterocycles. The summed E-state index contributed by atoms with van der Waals surface area (Å²) in [6.07, 6.45) is 6.70. The highest BCUT2D eigenvalue weighted by Crippen LogP contribution is 2.16. The Hall–Kier alpha value is -0.540. The van der Waals surface area contributed by atoms with Gasteiger partial charge >= 0.3 is 0 Å². The summed E-state index contributed by atoms with van der Waals surface area (Å²) >= 11 is 0. The third kappa shape index (κ3) is 4.67. The predicted molar refractivity (Wildman–Crippen MR) is 61.8 cm³/mol. The van der Waals surface area contributed by atoms with Crippen molar-refractivity contribution < 1.29 is 9.47 Å². The molecule has 1 unspecified atom stereocenters. The first kappa shape index (κ1) is 12.5. The summed E-state index contributed by atoms with van der Waals surface area (Å²) in [7, 11) is 1.75. The lowest BCUT2D eigenvalue weighted by Gasteiger charge is -2.24. The summed E-state index contributed by atoms with van der Waals surface area (Å²) in [6.45, 7) is 4.82. The second-order valence-electron chi connectivity index (χ2n) is 3.84. The van der Waals surface area contributed by atoms with Crippen molar-refractivity contribution in [3.63, 3.8) is 0 Å². The third-order valence-corrected chi connectivity index (χ3v) is 2.60. The van der Waals surface area contributed by atoms with Gasteiger partial charge in [-0.2, -0.15) is 0 Å². The maximum absolute atomic E-state index is 5.68. The fourth-order valence-electron chi connectivity index (χ4n) is 1.84. The molecule has 0 aliphatic carbocycles. The zero-order valence-electron chi connectivity index (χ0n) is 9.92. The maximum Gasteiger partial charge on any atom is 0.109 e. The minimum absolute atomic E-state index is 0.380. The summed E-state index contributed by atoms with van der Waals surface area (Å²) in [6, 6.07) is 0.380. The van der Waals surface area contributed by atoms with Crippen LogP contribution in [0.5, 0.6) is 0 Å². The average molecular weight is 213 g/mol. The van der Waals surface area contributed by atoms with Crippen LogP contribution in [0.3, 0.4) is 0 Å². The van der Waals surface area contributed by atoms with Gasteiger partial charge in [-0.3, -0.25) is 0 Å². The molecule has 0 saturated carbocycles. The Morgan fingerprint density at radius 2 is 2.47 bits per heavy atom. The van der Waals surface area contributed by atoms with E-state index in [1.807, 2.05) is 0 Å². The van der Waals surface area contributed by atoms with E-state index in [2.05, 4.69) is 18.3 Å². The second-order valence-corrected chi connectivity index (χ2v) is 3.84. The lowest BCUT2D eigenvalue weighted by molar-refractivity contribution is 0.155. The Morgan fingerprint density at radius 3 is 3.07 bits per heavy atom. The molecule has 3 nitrogen and oxygen atoms in total. The van der Waals surface area contributed by atoms with Crippen LogP contribution in [-0.4, -0.2) is 32.9 Å². The van der Waals surface area contributed by atoms with Gasteiger partial charge in [0.15, 0.2) is 0 Å². The largest absolute Gasteiger partial charge is 0.497 e. The highest BCUT2D eigenvalue weighted by atomic mass is 16.5. The van der Waals surface area contributed by atoms with E-state index in [-0.39, 0.29) is 0 Å². The summed E-state index contributed by atoms with van der Waals surface area (Å²) in [5.41, 5.74) is 0. The number of ether oxygens (including phenoxy) is 2. The summed E-state index contributed by atoms with van der Waals surface area (Å²) in [5.74, 6) is 1.14. The van der Waals surface area contributed by atoms with Crippen molar-refractivity contribution in [1.82, 2.24) is 5.32 Å². The highest BCUT2D eigenvalue weighted by Gasteiger charge is 2.16. The Labute approximate surface area is 92.8 Å². The van der Waals surface area contributed by atoms with Gasteiger partial charge in [-0.1, -0.05) is 6.92 Å². The zero-order chi connectivity index (χ0) is 10.9. The lowest BCUT2D eigenvalue weighted by Crippen LogP contribution is -2.33. The third-order valence-electron chi connectivity index (χ3n) is 2.60. The Morgan fingerprint density at radius 1 is 1.60 bits per heavy atom. The number of rotatable bonds is 7. The lowest BCUT2D eigenvalue weighted by atomic mass is 10.1. The van der Waals surface area contributed by atoms with Crippen LogP contribution in [0.15, 0.2) is 11.8 Å². The van der Waals surface area contributed by atoms with Crippen LogP contribution in [0.25, 0.3) is 0 Å². The van der Waals surface area contributed by atoms with Gasteiger partial charge in [0, 0.05) is 13.7 Å². The number of hydrogen-bond acceptors (Lipinski definition) is 3. The van der Waals surface area contributed by atoms with E-state index in [0.29, 0.717) is 6.04 Å². The van der Waals surface area contributed by atoms with Crippen LogP contribution < -0.4 is 5.32 Å². The molecule has 1 rings (SSSR count). The van der Waals surface area contributed by atoms with Gasteiger partial charge in [0.1, 0.15) is 5.76 Å². The van der Waals surface area contributed by atoms with Crippen molar-refractivity contribution in [2.24, 2.45) is 0 Å². The Bertz CT molecular complexity index is 192. The van der Waals surface area contributed by atoms with Gasteiger partial charge in [-0.25, -0.2) is 0 Å². The number of likely N-dealkylation sites (N-methyl/N-ethyl adjacent to an activating group) is 1. The molecule has 0 aromatic rings. The zero-order valence-corrected chi connectivity index (χ0v) is 9.92. The molecule has 0 saturated heterocycles. The first-order valence-electron chi connectivity index (χ1n) is 5.93. The molecule has 0 aromatic carbocycles. The van der Waals surface area contributed by atoms with Gasteiger partial charge < -0.3 is 14.8 Å². The van der Waals surface area contributed by atoms with Crippen molar-refractivity contribution in [3.8, 4) is 0 Å². The van der Waals surface area contributed by atoms with Crippen molar-refractivity contribution >= 4 is 0 Å². The van der Waals surface area contributed by atoms with Crippen LogP contribution in [0, 0.1) is 0 Å². The molecule has 0 fully saturated rings. The Balaban J connectivity index is 2.37. The van der Waals surface area contributed by atoms with Crippen LogP contribution in [-0.2, 0) is 9.47 Å². The minimum Gasteiger partial charge on any atom is -0.497 e. The van der Waals surface area contributed by atoms with Crippen molar-refractivity contribution in [2.75, 3.05) is 26.9 Å². The van der Waals surface area contributed by atoms with E-state index in [4.69, 9.17) is 9.47 Å². The van der Waals surface area contributed by atoms with Gasteiger partial charge in [0.05, 0.1) is 12.6 Å². The quantitative estimate of drug-likeness (QED) is 0.657. The molecule has 88 valence electrons. The average Bonchev–Trinajstić information content (AvgIpc) is 2.29. The summed E-state index contributed by atoms with van der Waals surface area (Å²) in [4.78, 5) is 0. The van der Waals surface area contributed by atoms with Gasteiger partial charge in [0.2, 0.25) is 0 Å². The molecule has 0 bridgehead atoms. The summed E-state index contributed by atoms with van der Waals surface area (Å²) in [5, 5.41) is 3.46. The second kappa shape index (κ2) is 7.71. The van der Waals surface area contributed by atoms with Crippen molar-refractivity contribution in [1.29, 1.82) is 0 Å². The molecule has 0 aromatic heterocycles. The fraction of sp³-hybridized carbons (Fsp3) is 0.833. The molecule has 1 atom stereocenters. The molecule has 0 spiro atoms. The molecule has 1 N–H and O–H groups in total.